The van der Waals surface area contributed by atoms with Crippen LogP contribution in [0.1, 0.15) is 65.2 Å². The predicted octanol–water partition coefficient (Wildman–Crippen LogP) is 3.05. The first kappa shape index (κ1) is 15.4. The fraction of sp³-hybridized carbons (Fsp3) is 0.923. The summed E-state index contributed by atoms with van der Waals surface area (Å²) in [6.45, 7) is 4.16. The van der Waals surface area contributed by atoms with Crippen LogP contribution in [0.3, 0.4) is 0 Å². The lowest BCUT2D eigenvalue weighted by Gasteiger charge is -2.16. The van der Waals surface area contributed by atoms with E-state index in [2.05, 4.69) is 13.8 Å². The van der Waals surface area contributed by atoms with Gasteiger partial charge in [-0.05, 0) is 19.3 Å². The summed E-state index contributed by atoms with van der Waals surface area (Å²) in [5, 5.41) is 8.62. The molecule has 1 N–H and O–H groups in total. The molecule has 0 aliphatic carbocycles. The van der Waals surface area contributed by atoms with Gasteiger partial charge in [0.1, 0.15) is 6.10 Å². The van der Waals surface area contributed by atoms with Crippen molar-refractivity contribution in [1.29, 1.82) is 0 Å². The minimum Gasteiger partial charge on any atom is -0.462 e. The molecule has 0 rings (SSSR count). The molecule has 0 aromatic heterocycles. The molecule has 0 aliphatic heterocycles. The number of rotatable bonds is 10. The van der Waals surface area contributed by atoms with Gasteiger partial charge in [0.25, 0.3) is 0 Å². The molecule has 3 heteroatoms. The van der Waals surface area contributed by atoms with Gasteiger partial charge in [-0.3, -0.25) is 4.79 Å². The summed E-state index contributed by atoms with van der Waals surface area (Å²) < 4.78 is 5.31. The molecule has 0 spiro atoms. The van der Waals surface area contributed by atoms with Crippen LogP contribution in [0.15, 0.2) is 0 Å². The second kappa shape index (κ2) is 10.9. The van der Waals surface area contributed by atoms with Crippen LogP contribution in [-0.2, 0) is 9.53 Å². The summed E-state index contributed by atoms with van der Waals surface area (Å²) in [7, 11) is 0. The van der Waals surface area contributed by atoms with E-state index in [1.807, 2.05) is 0 Å². The van der Waals surface area contributed by atoms with Crippen molar-refractivity contribution < 1.29 is 14.6 Å². The summed E-state index contributed by atoms with van der Waals surface area (Å²) in [6.07, 6.45) is 7.93. The number of aliphatic hydroxyl groups excluding tert-OH is 1. The predicted molar refractivity (Wildman–Crippen MR) is 65.2 cm³/mol. The van der Waals surface area contributed by atoms with E-state index in [-0.39, 0.29) is 25.1 Å². The smallest absolute Gasteiger partial charge is 0.308 e. The molecular weight excluding hydrogens is 204 g/mol. The van der Waals surface area contributed by atoms with Crippen molar-refractivity contribution in [2.75, 3.05) is 6.61 Å². The summed E-state index contributed by atoms with van der Waals surface area (Å²) in [4.78, 5) is 11.2. The Bertz CT molecular complexity index is 169. The van der Waals surface area contributed by atoms with Crippen LogP contribution in [0.25, 0.3) is 0 Å². The van der Waals surface area contributed by atoms with Gasteiger partial charge >= 0.3 is 5.97 Å². The lowest BCUT2D eigenvalue weighted by atomic mass is 10.1. The third-order valence-corrected chi connectivity index (χ3v) is 2.60. The van der Waals surface area contributed by atoms with E-state index in [4.69, 9.17) is 9.84 Å². The lowest BCUT2D eigenvalue weighted by Crippen LogP contribution is -2.18. The van der Waals surface area contributed by atoms with Gasteiger partial charge in [0.2, 0.25) is 0 Å². The highest BCUT2D eigenvalue weighted by atomic mass is 16.5. The third kappa shape index (κ3) is 8.72. The zero-order valence-corrected chi connectivity index (χ0v) is 10.7. The van der Waals surface area contributed by atoms with Gasteiger partial charge < -0.3 is 9.84 Å². The van der Waals surface area contributed by atoms with Crippen molar-refractivity contribution in [2.45, 2.75) is 71.3 Å². The van der Waals surface area contributed by atoms with Gasteiger partial charge in [-0.2, -0.15) is 0 Å². The molecule has 16 heavy (non-hydrogen) atoms. The van der Waals surface area contributed by atoms with Crippen LogP contribution in [0.2, 0.25) is 0 Å². The average molecular weight is 230 g/mol. The van der Waals surface area contributed by atoms with Gasteiger partial charge in [0, 0.05) is 0 Å². The van der Waals surface area contributed by atoms with E-state index in [0.29, 0.717) is 0 Å². The maximum absolute atomic E-state index is 11.2. The van der Waals surface area contributed by atoms with Crippen LogP contribution >= 0.6 is 0 Å². The van der Waals surface area contributed by atoms with Crippen molar-refractivity contribution >= 4 is 5.97 Å². The zero-order chi connectivity index (χ0) is 12.2. The summed E-state index contributed by atoms with van der Waals surface area (Å²) in [5.41, 5.74) is 0. The molecule has 0 amide bonds. The number of unbranched alkanes of at least 4 members (excludes halogenated alkanes) is 3. The van der Waals surface area contributed by atoms with Crippen molar-refractivity contribution in [3.8, 4) is 0 Å². The monoisotopic (exact) mass is 230 g/mol. The molecule has 1 unspecified atom stereocenters. The Morgan fingerprint density at radius 1 is 1.12 bits per heavy atom. The van der Waals surface area contributed by atoms with Crippen LogP contribution in [0.5, 0.6) is 0 Å². The molecule has 0 radical (unpaired) electrons. The van der Waals surface area contributed by atoms with Crippen molar-refractivity contribution in [3.05, 3.63) is 0 Å². The van der Waals surface area contributed by atoms with Crippen molar-refractivity contribution in [2.24, 2.45) is 0 Å². The van der Waals surface area contributed by atoms with Crippen LogP contribution in [0.4, 0.5) is 0 Å². The Kier molecular flexibility index (Phi) is 10.5. The maximum Gasteiger partial charge on any atom is 0.308 e. The normalized spacial score (nSPS) is 12.4. The Labute approximate surface area is 99.2 Å². The van der Waals surface area contributed by atoms with Gasteiger partial charge in [0.05, 0.1) is 13.0 Å². The Hall–Kier alpha value is -0.570. The topological polar surface area (TPSA) is 46.5 Å². The first-order valence-corrected chi connectivity index (χ1v) is 6.54. The number of esters is 1. The number of carbonyl (C=O) groups excluding carboxylic acids is 1. The van der Waals surface area contributed by atoms with Gasteiger partial charge in [-0.1, -0.05) is 39.5 Å². The molecule has 0 heterocycles. The molecule has 0 saturated heterocycles. The maximum atomic E-state index is 11.2. The molecule has 96 valence electrons. The Morgan fingerprint density at radius 2 is 1.88 bits per heavy atom. The van der Waals surface area contributed by atoms with E-state index in [0.717, 1.165) is 25.7 Å². The van der Waals surface area contributed by atoms with Crippen molar-refractivity contribution in [1.82, 2.24) is 0 Å². The molecule has 1 atom stereocenters. The van der Waals surface area contributed by atoms with Gasteiger partial charge in [-0.15, -0.1) is 0 Å². The second-order valence-electron chi connectivity index (χ2n) is 4.22. The largest absolute Gasteiger partial charge is 0.462 e. The number of hydrogen-bond acceptors (Lipinski definition) is 3. The number of carbonyl (C=O) groups is 1. The minimum absolute atomic E-state index is 0.0564. The number of aliphatic hydroxyl groups is 1. The van der Waals surface area contributed by atoms with Crippen LogP contribution in [0, 0.1) is 0 Å². The summed E-state index contributed by atoms with van der Waals surface area (Å²) in [5.74, 6) is -0.267. The lowest BCUT2D eigenvalue weighted by molar-refractivity contribution is -0.150. The number of hydrogen-bond donors (Lipinski definition) is 1. The number of ether oxygens (including phenoxy) is 1. The van der Waals surface area contributed by atoms with E-state index >= 15 is 0 Å². The Balaban J connectivity index is 3.73. The third-order valence-electron chi connectivity index (χ3n) is 2.60. The highest BCUT2D eigenvalue weighted by molar-refractivity contribution is 5.69. The van der Waals surface area contributed by atoms with E-state index in [9.17, 15) is 4.79 Å². The first-order valence-electron chi connectivity index (χ1n) is 6.54. The zero-order valence-electron chi connectivity index (χ0n) is 10.7. The molecule has 0 aliphatic rings. The van der Waals surface area contributed by atoms with Gasteiger partial charge in [0.15, 0.2) is 0 Å². The molecule has 0 saturated carbocycles. The first-order chi connectivity index (χ1) is 7.74. The van der Waals surface area contributed by atoms with Crippen LogP contribution < -0.4 is 0 Å². The molecule has 3 nitrogen and oxygen atoms in total. The Morgan fingerprint density at radius 3 is 2.44 bits per heavy atom. The fourth-order valence-electron chi connectivity index (χ4n) is 1.72. The highest BCUT2D eigenvalue weighted by Gasteiger charge is 2.12. The van der Waals surface area contributed by atoms with E-state index in [1.165, 1.54) is 19.3 Å². The molecule has 0 fully saturated rings. The summed E-state index contributed by atoms with van der Waals surface area (Å²) >= 11 is 0. The van der Waals surface area contributed by atoms with Gasteiger partial charge in [-0.25, -0.2) is 0 Å². The highest BCUT2D eigenvalue weighted by Crippen LogP contribution is 2.13. The SMILES string of the molecule is CCCCCCC(CCC)OC(=O)CCO. The molecule has 0 aromatic carbocycles. The summed E-state index contributed by atoms with van der Waals surface area (Å²) in [6, 6.07) is 0. The standard InChI is InChI=1S/C13H26O3/c1-3-5-6-7-9-12(8-4-2)16-13(15)10-11-14/h12,14H,3-11H2,1-2H3. The molecular formula is C13H26O3. The van der Waals surface area contributed by atoms with E-state index < -0.39 is 0 Å². The minimum atomic E-state index is -0.267. The molecule has 0 bridgehead atoms. The second-order valence-corrected chi connectivity index (χ2v) is 4.22. The van der Waals surface area contributed by atoms with Crippen molar-refractivity contribution in [3.63, 3.8) is 0 Å². The average Bonchev–Trinajstić information content (AvgIpc) is 2.25. The van der Waals surface area contributed by atoms with Crippen LogP contribution in [-0.4, -0.2) is 23.8 Å². The fourth-order valence-corrected chi connectivity index (χ4v) is 1.72. The quantitative estimate of drug-likeness (QED) is 0.463. The van der Waals surface area contributed by atoms with E-state index in [1.54, 1.807) is 0 Å². The molecule has 0 aromatic rings.